The Kier molecular flexibility index (Phi) is 7.45. The number of urea groups is 1. The number of nitrogens with zero attached hydrogens (tertiary/aromatic N) is 1. The van der Waals surface area contributed by atoms with Crippen LogP contribution in [0.4, 0.5) is 16.2 Å². The number of hydrogen-bond donors (Lipinski definition) is 3. The van der Waals surface area contributed by atoms with Gasteiger partial charge in [0.25, 0.3) is 0 Å². The Hall–Kier alpha value is -4.25. The average molecular weight is 467 g/mol. The maximum Gasteiger partial charge on any atom is 0.319 e. The van der Waals surface area contributed by atoms with E-state index in [0.717, 1.165) is 16.7 Å². The molecular formula is C27H22N4O2S. The first-order valence-corrected chi connectivity index (χ1v) is 11.7. The lowest BCUT2D eigenvalue weighted by Gasteiger charge is -2.15. The molecule has 0 saturated carbocycles. The van der Waals surface area contributed by atoms with Gasteiger partial charge in [0, 0.05) is 17.8 Å². The average Bonchev–Trinajstić information content (AvgIpc) is 2.89. The zero-order chi connectivity index (χ0) is 23.8. The van der Waals surface area contributed by atoms with E-state index in [-0.39, 0.29) is 6.03 Å². The van der Waals surface area contributed by atoms with Crippen LogP contribution in [0.15, 0.2) is 108 Å². The second kappa shape index (κ2) is 11.1. The quantitative estimate of drug-likeness (QED) is 0.305. The van der Waals surface area contributed by atoms with Gasteiger partial charge in [-0.05, 0) is 59.7 Å². The lowest BCUT2D eigenvalue weighted by molar-refractivity contribution is 0.251. The highest BCUT2D eigenvalue weighted by molar-refractivity contribution is 7.92. The third kappa shape index (κ3) is 5.95. The predicted octanol–water partition coefficient (Wildman–Crippen LogP) is 5.68. The van der Waals surface area contributed by atoms with Gasteiger partial charge < -0.3 is 15.2 Å². The highest BCUT2D eigenvalue weighted by atomic mass is 32.2. The Bertz CT molecular complexity index is 1290. The van der Waals surface area contributed by atoms with E-state index in [2.05, 4.69) is 21.4 Å². The van der Waals surface area contributed by atoms with Crippen molar-refractivity contribution in [3.8, 4) is 17.2 Å². The number of anilines is 2. The molecule has 0 radical (unpaired) electrons. The molecule has 0 aliphatic heterocycles. The Morgan fingerprint density at radius 2 is 1.47 bits per heavy atom. The molecule has 0 aromatic heterocycles. The van der Waals surface area contributed by atoms with Crippen LogP contribution in [0.2, 0.25) is 0 Å². The van der Waals surface area contributed by atoms with Crippen LogP contribution in [0.1, 0.15) is 11.1 Å². The zero-order valence-corrected chi connectivity index (χ0v) is 19.0. The minimum Gasteiger partial charge on any atom is -0.588 e. The molecular weight excluding hydrogens is 444 g/mol. The lowest BCUT2D eigenvalue weighted by atomic mass is 10.1. The molecule has 0 saturated heterocycles. The summed E-state index contributed by atoms with van der Waals surface area (Å²) in [7, 11) is 0. The van der Waals surface area contributed by atoms with Gasteiger partial charge in [-0.15, -0.1) is 0 Å². The molecule has 0 fully saturated rings. The van der Waals surface area contributed by atoms with Gasteiger partial charge in [0.15, 0.2) is 4.90 Å². The third-order valence-corrected chi connectivity index (χ3v) is 6.24. The minimum atomic E-state index is -1.46. The number of carbonyl (C=O) groups excluding carboxylic acids is 1. The zero-order valence-electron chi connectivity index (χ0n) is 18.2. The fourth-order valence-corrected chi connectivity index (χ4v) is 4.37. The summed E-state index contributed by atoms with van der Waals surface area (Å²) in [6, 6.07) is 33.2. The van der Waals surface area contributed by atoms with Gasteiger partial charge in [0.1, 0.15) is 11.4 Å². The molecule has 168 valence electrons. The van der Waals surface area contributed by atoms with Gasteiger partial charge in [-0.2, -0.15) is 5.26 Å². The lowest BCUT2D eigenvalue weighted by Crippen LogP contribution is -2.28. The Morgan fingerprint density at radius 1 is 0.824 bits per heavy atom. The highest BCUT2D eigenvalue weighted by Crippen LogP contribution is 2.28. The SMILES string of the molecule is N#Cc1ccc(CNC(=O)Nc2ccc(N[S+]([O-])c3ccccc3-c3ccccc3)cc2)cc1. The molecule has 0 aliphatic rings. The number of rotatable bonds is 7. The van der Waals surface area contributed by atoms with Gasteiger partial charge in [-0.25, -0.2) is 9.52 Å². The fraction of sp³-hybridized carbons (Fsp3) is 0.0370. The largest absolute Gasteiger partial charge is 0.588 e. The molecule has 4 aromatic carbocycles. The second-order valence-electron chi connectivity index (χ2n) is 7.43. The maximum atomic E-state index is 13.0. The molecule has 0 heterocycles. The molecule has 0 spiro atoms. The predicted molar refractivity (Wildman–Crippen MR) is 135 cm³/mol. The van der Waals surface area contributed by atoms with Gasteiger partial charge in [-0.1, -0.05) is 54.6 Å². The van der Waals surface area contributed by atoms with Crippen molar-refractivity contribution in [3.05, 3.63) is 114 Å². The summed E-state index contributed by atoms with van der Waals surface area (Å²) >= 11 is -1.46. The van der Waals surface area contributed by atoms with E-state index in [1.54, 1.807) is 48.5 Å². The summed E-state index contributed by atoms with van der Waals surface area (Å²) in [5.74, 6) is 0. The van der Waals surface area contributed by atoms with E-state index in [1.807, 2.05) is 54.6 Å². The number of carbonyl (C=O) groups is 1. The van der Waals surface area contributed by atoms with Crippen molar-refractivity contribution in [3.63, 3.8) is 0 Å². The van der Waals surface area contributed by atoms with Crippen molar-refractivity contribution < 1.29 is 9.35 Å². The van der Waals surface area contributed by atoms with E-state index in [0.29, 0.717) is 28.4 Å². The van der Waals surface area contributed by atoms with E-state index >= 15 is 0 Å². The van der Waals surface area contributed by atoms with Crippen LogP contribution in [0.3, 0.4) is 0 Å². The third-order valence-electron chi connectivity index (χ3n) is 5.06. The van der Waals surface area contributed by atoms with Crippen LogP contribution in [0, 0.1) is 11.3 Å². The maximum absolute atomic E-state index is 13.0. The van der Waals surface area contributed by atoms with Gasteiger partial charge in [-0.3, -0.25) is 0 Å². The number of nitrogens with one attached hydrogen (secondary N) is 3. The summed E-state index contributed by atoms with van der Waals surface area (Å²) in [6.45, 7) is 0.344. The number of amides is 2. The van der Waals surface area contributed by atoms with Crippen LogP contribution in [0.5, 0.6) is 0 Å². The standard InChI is InChI=1S/C27H22N4O2S/c28-18-20-10-12-21(13-11-20)19-29-27(32)30-23-14-16-24(17-15-23)31-34(33)26-9-5-4-8-25(26)22-6-2-1-3-7-22/h1-17,31H,19H2,(H2,29,30,32). The van der Waals surface area contributed by atoms with Crippen molar-refractivity contribution in [1.29, 1.82) is 5.26 Å². The van der Waals surface area contributed by atoms with Crippen molar-refractivity contribution in [2.45, 2.75) is 11.4 Å². The highest BCUT2D eigenvalue weighted by Gasteiger charge is 2.17. The van der Waals surface area contributed by atoms with Gasteiger partial charge in [0.2, 0.25) is 0 Å². The molecule has 4 aromatic rings. The first kappa shape index (κ1) is 22.9. The van der Waals surface area contributed by atoms with E-state index in [4.69, 9.17) is 5.26 Å². The van der Waals surface area contributed by atoms with Gasteiger partial charge in [0.05, 0.1) is 17.3 Å². The summed E-state index contributed by atoms with van der Waals surface area (Å²) in [5, 5.41) is 14.4. The number of hydrogen-bond acceptors (Lipinski definition) is 4. The van der Waals surface area contributed by atoms with E-state index in [9.17, 15) is 9.35 Å². The number of nitriles is 1. The molecule has 4 rings (SSSR count). The molecule has 1 atom stereocenters. The minimum absolute atomic E-state index is 0.342. The van der Waals surface area contributed by atoms with Crippen molar-refractivity contribution in [2.24, 2.45) is 0 Å². The molecule has 3 N–H and O–H groups in total. The Morgan fingerprint density at radius 3 is 2.18 bits per heavy atom. The molecule has 1 unspecified atom stereocenters. The normalized spacial score (nSPS) is 11.2. The molecule has 6 nitrogen and oxygen atoms in total. The smallest absolute Gasteiger partial charge is 0.319 e. The number of benzene rings is 4. The van der Waals surface area contributed by atoms with Crippen LogP contribution < -0.4 is 15.4 Å². The first-order valence-electron chi connectivity index (χ1n) is 10.6. The summed E-state index contributed by atoms with van der Waals surface area (Å²) in [4.78, 5) is 12.9. The first-order chi connectivity index (χ1) is 16.6. The van der Waals surface area contributed by atoms with Crippen LogP contribution in [-0.4, -0.2) is 10.6 Å². The monoisotopic (exact) mass is 466 g/mol. The molecule has 7 heteroatoms. The van der Waals surface area contributed by atoms with Crippen LogP contribution in [0.25, 0.3) is 11.1 Å². The van der Waals surface area contributed by atoms with E-state index in [1.165, 1.54) is 0 Å². The van der Waals surface area contributed by atoms with Crippen molar-refractivity contribution >= 4 is 28.8 Å². The summed E-state index contributed by atoms with van der Waals surface area (Å²) in [5.41, 5.74) is 4.66. The molecule has 0 aliphatic carbocycles. The Balaban J connectivity index is 1.34. The fourth-order valence-electron chi connectivity index (χ4n) is 3.32. The topological polar surface area (TPSA) is 100 Å². The van der Waals surface area contributed by atoms with Crippen LogP contribution in [-0.2, 0) is 17.9 Å². The van der Waals surface area contributed by atoms with Crippen molar-refractivity contribution in [2.75, 3.05) is 10.0 Å². The van der Waals surface area contributed by atoms with Crippen molar-refractivity contribution in [1.82, 2.24) is 5.32 Å². The molecule has 34 heavy (non-hydrogen) atoms. The van der Waals surface area contributed by atoms with Crippen LogP contribution >= 0.6 is 0 Å². The molecule has 2 amide bonds. The van der Waals surface area contributed by atoms with E-state index < -0.39 is 11.4 Å². The molecule has 0 bridgehead atoms. The Labute approximate surface area is 201 Å². The summed E-state index contributed by atoms with van der Waals surface area (Å²) < 4.78 is 16.1. The van der Waals surface area contributed by atoms with Gasteiger partial charge >= 0.3 is 6.03 Å². The second-order valence-corrected chi connectivity index (χ2v) is 8.61. The summed E-state index contributed by atoms with van der Waals surface area (Å²) in [6.07, 6.45) is 0.